The Kier molecular flexibility index (Phi) is 6.24. The van der Waals surface area contributed by atoms with Gasteiger partial charge in [0.1, 0.15) is 11.5 Å². The van der Waals surface area contributed by atoms with Gasteiger partial charge in [-0.2, -0.15) is 0 Å². The number of nitrogens with zero attached hydrogens (tertiary/aromatic N) is 3. The predicted octanol–water partition coefficient (Wildman–Crippen LogP) is 3.62. The normalized spacial score (nSPS) is 16.5. The number of rotatable bonds is 7. The first-order chi connectivity index (χ1) is 17.7. The van der Waals surface area contributed by atoms with Crippen molar-refractivity contribution in [2.24, 2.45) is 0 Å². The quantitative estimate of drug-likeness (QED) is 0.490. The van der Waals surface area contributed by atoms with Gasteiger partial charge in [0.05, 0.1) is 29.1 Å². The van der Waals surface area contributed by atoms with Gasteiger partial charge in [-0.1, -0.05) is 17.3 Å². The Morgan fingerprint density at radius 1 is 1.03 bits per heavy atom. The van der Waals surface area contributed by atoms with Crippen LogP contribution in [-0.2, 0) is 16.1 Å². The molecule has 0 fully saturated rings. The van der Waals surface area contributed by atoms with E-state index in [1.807, 2.05) is 6.92 Å². The van der Waals surface area contributed by atoms with Crippen molar-refractivity contribution in [2.45, 2.75) is 46.3 Å². The number of hydrogen-bond donors (Lipinski definition) is 1. The Morgan fingerprint density at radius 2 is 1.73 bits per heavy atom. The number of fused-ring (bicyclic) bond motifs is 2. The standard InChI is InChI=1S/C27H26N4O6/c1-15-21(16(2)37-29-15)14-31-22-13-18(10-11-23(22)36-17(3)25(31)33)28-24(32)9-6-12-30-26(34)19-7-4-5-8-20(19)27(30)35/h4-5,7-8,10-11,13,17H,6,9,12,14H2,1-3H3,(H,28,32). The first-order valence-electron chi connectivity index (χ1n) is 12.0. The van der Waals surface area contributed by atoms with Gasteiger partial charge < -0.3 is 19.5 Å². The highest BCUT2D eigenvalue weighted by atomic mass is 16.5. The monoisotopic (exact) mass is 502 g/mol. The Balaban J connectivity index is 1.25. The molecular formula is C27H26N4O6. The van der Waals surface area contributed by atoms with E-state index in [0.29, 0.717) is 46.1 Å². The number of ether oxygens (including phenoxy) is 1. The van der Waals surface area contributed by atoms with E-state index in [0.717, 1.165) is 5.56 Å². The zero-order chi connectivity index (χ0) is 26.3. The fourth-order valence-electron chi connectivity index (χ4n) is 4.60. The summed E-state index contributed by atoms with van der Waals surface area (Å²) in [6, 6.07) is 11.8. The van der Waals surface area contributed by atoms with E-state index in [1.54, 1.807) is 61.2 Å². The number of imide groups is 1. The van der Waals surface area contributed by atoms with Gasteiger partial charge in [0, 0.05) is 24.2 Å². The maximum absolute atomic E-state index is 13.0. The smallest absolute Gasteiger partial charge is 0.268 e. The number of carbonyl (C=O) groups is 4. The lowest BCUT2D eigenvalue weighted by Crippen LogP contribution is -2.44. The van der Waals surface area contributed by atoms with Crippen LogP contribution in [0.25, 0.3) is 0 Å². The third-order valence-electron chi connectivity index (χ3n) is 6.61. The van der Waals surface area contributed by atoms with Crippen molar-refractivity contribution in [1.29, 1.82) is 0 Å². The summed E-state index contributed by atoms with van der Waals surface area (Å²) >= 11 is 0. The molecule has 0 radical (unpaired) electrons. The fraction of sp³-hybridized carbons (Fsp3) is 0.296. The van der Waals surface area contributed by atoms with Crippen LogP contribution in [0.1, 0.15) is 57.5 Å². The molecule has 3 aromatic rings. The van der Waals surface area contributed by atoms with Crippen LogP contribution in [0.4, 0.5) is 11.4 Å². The predicted molar refractivity (Wildman–Crippen MR) is 133 cm³/mol. The highest BCUT2D eigenvalue weighted by molar-refractivity contribution is 6.21. The van der Waals surface area contributed by atoms with Crippen molar-refractivity contribution in [3.8, 4) is 5.75 Å². The van der Waals surface area contributed by atoms with Crippen LogP contribution >= 0.6 is 0 Å². The van der Waals surface area contributed by atoms with Crippen LogP contribution < -0.4 is 15.0 Å². The van der Waals surface area contributed by atoms with Crippen LogP contribution in [0.2, 0.25) is 0 Å². The van der Waals surface area contributed by atoms with Crippen LogP contribution in [0, 0.1) is 13.8 Å². The number of benzene rings is 2. The second-order valence-electron chi connectivity index (χ2n) is 9.13. The number of aromatic nitrogens is 1. The molecule has 3 heterocycles. The van der Waals surface area contributed by atoms with Gasteiger partial charge in [0.25, 0.3) is 17.7 Å². The van der Waals surface area contributed by atoms with Crippen molar-refractivity contribution < 1.29 is 28.4 Å². The molecule has 0 saturated carbocycles. The van der Waals surface area contributed by atoms with Crippen LogP contribution in [0.3, 0.4) is 0 Å². The molecule has 0 bridgehead atoms. The Bertz CT molecular complexity index is 1370. The summed E-state index contributed by atoms with van der Waals surface area (Å²) in [6.45, 7) is 5.71. The van der Waals surface area contributed by atoms with Crippen molar-refractivity contribution >= 4 is 35.0 Å². The van der Waals surface area contributed by atoms with E-state index in [-0.39, 0.29) is 43.1 Å². The number of nitrogens with one attached hydrogen (secondary N) is 1. The maximum atomic E-state index is 13.0. The highest BCUT2D eigenvalue weighted by Crippen LogP contribution is 2.38. The zero-order valence-corrected chi connectivity index (χ0v) is 20.7. The van der Waals surface area contributed by atoms with E-state index in [1.165, 1.54) is 4.90 Å². The molecule has 1 N–H and O–H groups in total. The lowest BCUT2D eigenvalue weighted by molar-refractivity contribution is -0.125. The van der Waals surface area contributed by atoms with E-state index in [2.05, 4.69) is 10.5 Å². The molecule has 5 rings (SSSR count). The number of amides is 4. The molecule has 1 unspecified atom stereocenters. The van der Waals surface area contributed by atoms with Gasteiger partial charge in [0.2, 0.25) is 5.91 Å². The van der Waals surface area contributed by atoms with E-state index < -0.39 is 6.10 Å². The molecule has 2 aliphatic heterocycles. The lowest BCUT2D eigenvalue weighted by atomic mass is 10.1. The molecule has 0 spiro atoms. The Labute approximate surface area is 213 Å². The number of aryl methyl sites for hydroxylation is 2. The number of carbonyl (C=O) groups excluding carboxylic acids is 4. The molecule has 2 aromatic carbocycles. The van der Waals surface area contributed by atoms with Crippen LogP contribution in [0.5, 0.6) is 5.75 Å². The summed E-state index contributed by atoms with van der Waals surface area (Å²) in [5, 5.41) is 6.80. The SMILES string of the molecule is Cc1noc(C)c1CN1C(=O)C(C)Oc2ccc(NC(=O)CCCN3C(=O)c4ccccc4C3=O)cc21. The molecule has 0 saturated heterocycles. The minimum absolute atomic E-state index is 0.111. The first-order valence-corrected chi connectivity index (χ1v) is 12.0. The van der Waals surface area contributed by atoms with Gasteiger partial charge in [-0.25, -0.2) is 0 Å². The summed E-state index contributed by atoms with van der Waals surface area (Å²) in [5.74, 6) is -0.000806. The van der Waals surface area contributed by atoms with Gasteiger partial charge in [-0.3, -0.25) is 24.1 Å². The van der Waals surface area contributed by atoms with Gasteiger partial charge in [0.15, 0.2) is 6.10 Å². The molecule has 2 aliphatic rings. The summed E-state index contributed by atoms with van der Waals surface area (Å²) in [7, 11) is 0. The highest BCUT2D eigenvalue weighted by Gasteiger charge is 2.35. The van der Waals surface area contributed by atoms with E-state index in [4.69, 9.17) is 9.26 Å². The van der Waals surface area contributed by atoms with Gasteiger partial charge >= 0.3 is 0 Å². The average molecular weight is 503 g/mol. The van der Waals surface area contributed by atoms with Crippen molar-refractivity contribution in [3.05, 3.63) is 70.6 Å². The molecule has 4 amide bonds. The third kappa shape index (κ3) is 4.46. The Hall–Kier alpha value is -4.47. The Morgan fingerprint density at radius 3 is 2.38 bits per heavy atom. The summed E-state index contributed by atoms with van der Waals surface area (Å²) in [6.07, 6.45) is -0.227. The summed E-state index contributed by atoms with van der Waals surface area (Å²) in [4.78, 5) is 53.4. The molecule has 1 aromatic heterocycles. The summed E-state index contributed by atoms with van der Waals surface area (Å²) < 4.78 is 11.0. The molecule has 1 atom stereocenters. The second-order valence-corrected chi connectivity index (χ2v) is 9.13. The van der Waals surface area contributed by atoms with Gasteiger partial charge in [-0.15, -0.1) is 0 Å². The second kappa shape index (κ2) is 9.53. The minimum Gasteiger partial charge on any atom is -0.479 e. The topological polar surface area (TPSA) is 122 Å². The lowest BCUT2D eigenvalue weighted by Gasteiger charge is -2.33. The molecule has 37 heavy (non-hydrogen) atoms. The minimum atomic E-state index is -0.657. The first kappa shape index (κ1) is 24.2. The van der Waals surface area contributed by atoms with Crippen LogP contribution in [0.15, 0.2) is 47.0 Å². The third-order valence-corrected chi connectivity index (χ3v) is 6.61. The number of hydrogen-bond acceptors (Lipinski definition) is 7. The molecule has 0 aliphatic carbocycles. The van der Waals surface area contributed by atoms with Crippen molar-refractivity contribution in [3.63, 3.8) is 0 Å². The van der Waals surface area contributed by atoms with Crippen LogP contribution in [-0.4, -0.2) is 46.3 Å². The molecule has 10 nitrogen and oxygen atoms in total. The van der Waals surface area contributed by atoms with E-state index in [9.17, 15) is 19.2 Å². The average Bonchev–Trinajstić information content (AvgIpc) is 3.32. The fourth-order valence-corrected chi connectivity index (χ4v) is 4.60. The van der Waals surface area contributed by atoms with Crippen molar-refractivity contribution in [2.75, 3.05) is 16.8 Å². The molecule has 190 valence electrons. The molecular weight excluding hydrogens is 476 g/mol. The number of anilines is 2. The van der Waals surface area contributed by atoms with Crippen molar-refractivity contribution in [1.82, 2.24) is 10.1 Å². The largest absolute Gasteiger partial charge is 0.479 e. The molecule has 10 heteroatoms. The zero-order valence-electron chi connectivity index (χ0n) is 20.7. The van der Waals surface area contributed by atoms with E-state index >= 15 is 0 Å². The maximum Gasteiger partial charge on any atom is 0.268 e. The summed E-state index contributed by atoms with van der Waals surface area (Å²) in [5.41, 5.74) is 3.33. The van der Waals surface area contributed by atoms with Gasteiger partial charge in [-0.05, 0) is 57.5 Å².